The maximum absolute atomic E-state index is 4.48. The van der Waals surface area contributed by atoms with Gasteiger partial charge in [-0.05, 0) is 44.0 Å². The molecule has 0 bridgehead atoms. The second-order valence-corrected chi connectivity index (χ2v) is 5.10. The molecule has 0 amide bonds. The molecule has 16 heavy (non-hydrogen) atoms. The smallest absolute Gasteiger partial charge is 0.106 e. The molecule has 0 aliphatic rings. The lowest BCUT2D eigenvalue weighted by atomic mass is 10.1. The van der Waals surface area contributed by atoms with Gasteiger partial charge in [0.25, 0.3) is 0 Å². The molecule has 0 unspecified atom stereocenters. The molecule has 0 saturated heterocycles. The summed E-state index contributed by atoms with van der Waals surface area (Å²) in [6, 6.07) is 12.1. The summed E-state index contributed by atoms with van der Waals surface area (Å²) >= 11 is 6.77. The fourth-order valence-electron chi connectivity index (χ4n) is 1.72. The van der Waals surface area contributed by atoms with Gasteiger partial charge in [-0.25, -0.2) is 9.97 Å². The highest BCUT2D eigenvalue weighted by Crippen LogP contribution is 2.25. The maximum atomic E-state index is 4.48. The Hall–Kier alpha value is -1.00. The molecule has 2 heterocycles. The van der Waals surface area contributed by atoms with E-state index in [2.05, 4.69) is 54.0 Å². The molecular formula is C12H6Br2N2. The first-order valence-corrected chi connectivity index (χ1v) is 6.34. The Bertz CT molecular complexity index is 634. The van der Waals surface area contributed by atoms with Crippen LogP contribution in [0.2, 0.25) is 0 Å². The molecular weight excluding hydrogens is 332 g/mol. The van der Waals surface area contributed by atoms with Crippen LogP contribution in [0, 0.1) is 0 Å². The highest BCUT2D eigenvalue weighted by molar-refractivity contribution is 9.10. The number of hydrogen-bond acceptors (Lipinski definition) is 2. The van der Waals surface area contributed by atoms with E-state index in [-0.39, 0.29) is 0 Å². The molecule has 3 rings (SSSR count). The molecule has 0 aliphatic carbocycles. The molecule has 3 aromatic rings. The van der Waals surface area contributed by atoms with Crippen molar-refractivity contribution in [1.82, 2.24) is 9.97 Å². The quantitative estimate of drug-likeness (QED) is 0.451. The van der Waals surface area contributed by atoms with Crippen LogP contribution in [0.3, 0.4) is 0 Å². The van der Waals surface area contributed by atoms with E-state index in [1.54, 1.807) is 0 Å². The summed E-state index contributed by atoms with van der Waals surface area (Å²) in [5.74, 6) is 0. The van der Waals surface area contributed by atoms with Gasteiger partial charge in [0.15, 0.2) is 0 Å². The Morgan fingerprint density at radius 3 is 1.44 bits per heavy atom. The Kier molecular flexibility index (Phi) is 2.41. The van der Waals surface area contributed by atoms with E-state index in [1.165, 1.54) is 0 Å². The number of benzene rings is 1. The van der Waals surface area contributed by atoms with Gasteiger partial charge in [0.05, 0.1) is 11.0 Å². The number of halogens is 2. The molecule has 0 spiro atoms. The lowest BCUT2D eigenvalue weighted by molar-refractivity contribution is 1.32. The lowest BCUT2D eigenvalue weighted by Gasteiger charge is -2.03. The molecule has 0 N–H and O–H groups in total. The second-order valence-electron chi connectivity index (χ2n) is 3.48. The Morgan fingerprint density at radius 2 is 1.00 bits per heavy atom. The summed E-state index contributed by atoms with van der Waals surface area (Å²) in [5, 5.41) is 2.20. The first-order valence-electron chi connectivity index (χ1n) is 4.75. The van der Waals surface area contributed by atoms with Crippen LogP contribution in [0.1, 0.15) is 0 Å². The van der Waals surface area contributed by atoms with Gasteiger partial charge in [-0.2, -0.15) is 0 Å². The van der Waals surface area contributed by atoms with Crippen LogP contribution in [0.15, 0.2) is 45.6 Å². The van der Waals surface area contributed by atoms with Crippen molar-refractivity contribution in [3.8, 4) is 0 Å². The third-order valence-corrected chi connectivity index (χ3v) is 3.33. The van der Waals surface area contributed by atoms with Crippen LogP contribution >= 0.6 is 31.9 Å². The van der Waals surface area contributed by atoms with Crippen LogP contribution in [-0.2, 0) is 0 Å². The number of fused-ring (bicyclic) bond motifs is 3. The standard InChI is InChI=1S/C12H6Br2N2/c13-9-5-3-7-1-2-8-4-6-10(14)16-12(8)11(7)15-9/h1-6H. The summed E-state index contributed by atoms with van der Waals surface area (Å²) in [7, 11) is 0. The Balaban J connectivity index is 2.55. The summed E-state index contributed by atoms with van der Waals surface area (Å²) in [5.41, 5.74) is 1.85. The van der Waals surface area contributed by atoms with E-state index < -0.39 is 0 Å². The van der Waals surface area contributed by atoms with Crippen molar-refractivity contribution in [1.29, 1.82) is 0 Å². The summed E-state index contributed by atoms with van der Waals surface area (Å²) < 4.78 is 1.66. The predicted molar refractivity (Wildman–Crippen MR) is 72.4 cm³/mol. The largest absolute Gasteiger partial charge is 0.239 e. The van der Waals surface area contributed by atoms with E-state index in [0.29, 0.717) is 0 Å². The first kappa shape index (κ1) is 10.2. The molecule has 78 valence electrons. The zero-order valence-corrected chi connectivity index (χ0v) is 11.3. The van der Waals surface area contributed by atoms with E-state index in [9.17, 15) is 0 Å². The van der Waals surface area contributed by atoms with Gasteiger partial charge in [-0.3, -0.25) is 0 Å². The van der Waals surface area contributed by atoms with E-state index >= 15 is 0 Å². The van der Waals surface area contributed by atoms with Crippen molar-refractivity contribution in [2.24, 2.45) is 0 Å². The van der Waals surface area contributed by atoms with Crippen molar-refractivity contribution in [3.05, 3.63) is 45.6 Å². The zero-order chi connectivity index (χ0) is 11.1. The van der Waals surface area contributed by atoms with Crippen molar-refractivity contribution in [2.75, 3.05) is 0 Å². The molecule has 2 nitrogen and oxygen atoms in total. The Morgan fingerprint density at radius 1 is 0.625 bits per heavy atom. The highest BCUT2D eigenvalue weighted by Gasteiger charge is 2.04. The van der Waals surface area contributed by atoms with Gasteiger partial charge < -0.3 is 0 Å². The molecule has 0 atom stereocenters. The number of nitrogens with zero attached hydrogens (tertiary/aromatic N) is 2. The van der Waals surface area contributed by atoms with Crippen molar-refractivity contribution >= 4 is 53.7 Å². The van der Waals surface area contributed by atoms with Crippen LogP contribution in [-0.4, -0.2) is 9.97 Å². The number of aromatic nitrogens is 2. The van der Waals surface area contributed by atoms with Crippen LogP contribution in [0.25, 0.3) is 21.8 Å². The zero-order valence-electron chi connectivity index (χ0n) is 8.11. The monoisotopic (exact) mass is 336 g/mol. The fourth-order valence-corrected chi connectivity index (χ4v) is 2.34. The van der Waals surface area contributed by atoms with Crippen molar-refractivity contribution < 1.29 is 0 Å². The Labute approximate surface area is 109 Å². The molecule has 1 aromatic carbocycles. The van der Waals surface area contributed by atoms with Crippen LogP contribution in [0.5, 0.6) is 0 Å². The van der Waals surface area contributed by atoms with Gasteiger partial charge >= 0.3 is 0 Å². The molecule has 0 aliphatic heterocycles. The van der Waals surface area contributed by atoms with Gasteiger partial charge in [0.2, 0.25) is 0 Å². The van der Waals surface area contributed by atoms with Gasteiger partial charge in [-0.15, -0.1) is 0 Å². The highest BCUT2D eigenvalue weighted by atomic mass is 79.9. The van der Waals surface area contributed by atoms with Crippen molar-refractivity contribution in [3.63, 3.8) is 0 Å². The predicted octanol–water partition coefficient (Wildman–Crippen LogP) is 4.31. The maximum Gasteiger partial charge on any atom is 0.106 e. The van der Waals surface area contributed by atoms with Crippen molar-refractivity contribution in [2.45, 2.75) is 0 Å². The molecule has 0 fully saturated rings. The van der Waals surface area contributed by atoms with E-state index in [1.807, 2.05) is 24.3 Å². The lowest BCUT2D eigenvalue weighted by Crippen LogP contribution is -1.86. The van der Waals surface area contributed by atoms with E-state index in [0.717, 1.165) is 31.0 Å². The van der Waals surface area contributed by atoms with Gasteiger partial charge in [0.1, 0.15) is 9.21 Å². The topological polar surface area (TPSA) is 25.8 Å². The van der Waals surface area contributed by atoms with Gasteiger partial charge in [0, 0.05) is 10.8 Å². The summed E-state index contributed by atoms with van der Waals surface area (Å²) in [4.78, 5) is 8.96. The molecule has 0 radical (unpaired) electrons. The minimum absolute atomic E-state index is 0.828. The molecule has 2 aromatic heterocycles. The fraction of sp³-hybridized carbons (Fsp3) is 0. The second kappa shape index (κ2) is 3.79. The third-order valence-electron chi connectivity index (χ3n) is 2.45. The SMILES string of the molecule is Brc1ccc2ccc3ccc(Br)nc3c2n1. The average molecular weight is 338 g/mol. The summed E-state index contributed by atoms with van der Waals surface area (Å²) in [6.07, 6.45) is 0. The minimum Gasteiger partial charge on any atom is -0.239 e. The number of hydrogen-bond donors (Lipinski definition) is 0. The van der Waals surface area contributed by atoms with Crippen LogP contribution < -0.4 is 0 Å². The van der Waals surface area contributed by atoms with Gasteiger partial charge in [-0.1, -0.05) is 24.3 Å². The first-order chi connectivity index (χ1) is 7.74. The third kappa shape index (κ3) is 1.62. The number of rotatable bonds is 0. The minimum atomic E-state index is 0.828. The van der Waals surface area contributed by atoms with Crippen LogP contribution in [0.4, 0.5) is 0 Å². The molecule has 0 saturated carbocycles. The number of pyridine rings is 2. The van der Waals surface area contributed by atoms with E-state index in [4.69, 9.17) is 0 Å². The normalized spacial score (nSPS) is 11.1. The average Bonchev–Trinajstić information content (AvgIpc) is 2.29. The summed E-state index contributed by atoms with van der Waals surface area (Å²) in [6.45, 7) is 0. The molecule has 4 heteroatoms.